The zero-order valence-corrected chi connectivity index (χ0v) is 11.7. The fraction of sp³-hybridized carbons (Fsp3) is 0.267. The number of benzene rings is 1. The lowest BCUT2D eigenvalue weighted by Gasteiger charge is -2.08. The third-order valence-electron chi connectivity index (χ3n) is 3.34. The Labute approximate surface area is 126 Å². The number of aromatic carboxylic acids is 1. The smallest absolute Gasteiger partial charge is 0.356 e. The van der Waals surface area contributed by atoms with Crippen LogP contribution in [0.15, 0.2) is 36.4 Å². The van der Waals surface area contributed by atoms with Crippen LogP contribution < -0.4 is 5.48 Å². The van der Waals surface area contributed by atoms with Gasteiger partial charge in [0.25, 0.3) is 5.91 Å². The second kappa shape index (κ2) is 5.98. The zero-order valence-electron chi connectivity index (χ0n) is 11.7. The molecule has 0 aliphatic heterocycles. The van der Waals surface area contributed by atoms with Gasteiger partial charge in [0.1, 0.15) is 5.69 Å². The molecule has 0 unspecified atom stereocenters. The van der Waals surface area contributed by atoms with Crippen LogP contribution in [0, 0.1) is 5.92 Å². The first kappa shape index (κ1) is 14.3. The summed E-state index contributed by atoms with van der Waals surface area (Å²) in [6, 6.07) is 10.1. The van der Waals surface area contributed by atoms with Crippen LogP contribution in [0.3, 0.4) is 0 Å². The maximum absolute atomic E-state index is 12.2. The topological polar surface area (TPSA) is 93.5 Å². The first-order chi connectivity index (χ1) is 10.6. The Morgan fingerprint density at radius 3 is 2.68 bits per heavy atom. The van der Waals surface area contributed by atoms with E-state index in [1.165, 1.54) is 10.7 Å². The molecule has 0 bridgehead atoms. The Balaban J connectivity index is 1.84. The first-order valence-corrected chi connectivity index (χ1v) is 6.96. The molecule has 2 N–H and O–H groups in total. The van der Waals surface area contributed by atoms with E-state index in [0.717, 1.165) is 12.8 Å². The molecule has 1 aromatic heterocycles. The number of nitrogens with one attached hydrogen (secondary N) is 1. The minimum atomic E-state index is -1.19. The number of para-hydroxylation sites is 1. The summed E-state index contributed by atoms with van der Waals surface area (Å²) in [5, 5.41) is 13.0. The number of amides is 1. The number of hydrogen-bond donors (Lipinski definition) is 2. The second-order valence-corrected chi connectivity index (χ2v) is 5.15. The van der Waals surface area contributed by atoms with E-state index in [9.17, 15) is 9.59 Å². The number of carbonyl (C=O) groups is 2. The van der Waals surface area contributed by atoms with Gasteiger partial charge in [-0.15, -0.1) is 0 Å². The Morgan fingerprint density at radius 1 is 1.32 bits per heavy atom. The number of hydroxylamine groups is 1. The fourth-order valence-electron chi connectivity index (χ4n) is 1.98. The average molecular weight is 301 g/mol. The van der Waals surface area contributed by atoms with E-state index < -0.39 is 11.9 Å². The lowest BCUT2D eigenvalue weighted by molar-refractivity contribution is 0.0264. The number of carbonyl (C=O) groups excluding carboxylic acids is 1. The first-order valence-electron chi connectivity index (χ1n) is 6.96. The van der Waals surface area contributed by atoms with Crippen LogP contribution >= 0.6 is 0 Å². The molecule has 22 heavy (non-hydrogen) atoms. The SMILES string of the molecule is O=C(O)c1cc(C(=O)NOCC2CC2)n(-c2ccccc2)n1. The third-order valence-corrected chi connectivity index (χ3v) is 3.34. The number of carboxylic acids is 1. The van der Waals surface area contributed by atoms with Crippen molar-refractivity contribution in [1.82, 2.24) is 15.3 Å². The fourth-order valence-corrected chi connectivity index (χ4v) is 1.98. The summed E-state index contributed by atoms with van der Waals surface area (Å²) in [5.41, 5.74) is 2.85. The van der Waals surface area contributed by atoms with E-state index in [1.807, 2.05) is 6.07 Å². The van der Waals surface area contributed by atoms with E-state index in [0.29, 0.717) is 18.2 Å². The largest absolute Gasteiger partial charge is 0.476 e. The summed E-state index contributed by atoms with van der Waals surface area (Å²) >= 11 is 0. The van der Waals surface area contributed by atoms with Crippen molar-refractivity contribution in [2.24, 2.45) is 5.92 Å². The van der Waals surface area contributed by atoms with Gasteiger partial charge in [0.15, 0.2) is 5.69 Å². The molecule has 1 heterocycles. The van der Waals surface area contributed by atoms with Gasteiger partial charge in [0.2, 0.25) is 0 Å². The maximum Gasteiger partial charge on any atom is 0.356 e. The van der Waals surface area contributed by atoms with Crippen LogP contribution in [0.1, 0.15) is 33.8 Å². The summed E-state index contributed by atoms with van der Waals surface area (Å²) in [5.74, 6) is -1.21. The lowest BCUT2D eigenvalue weighted by atomic mass is 10.3. The number of nitrogens with zero attached hydrogens (tertiary/aromatic N) is 2. The molecule has 0 saturated heterocycles. The Morgan fingerprint density at radius 2 is 2.05 bits per heavy atom. The van der Waals surface area contributed by atoms with Gasteiger partial charge >= 0.3 is 5.97 Å². The quantitative estimate of drug-likeness (QED) is 0.791. The lowest BCUT2D eigenvalue weighted by Crippen LogP contribution is -2.27. The van der Waals surface area contributed by atoms with Crippen molar-refractivity contribution in [3.05, 3.63) is 47.8 Å². The van der Waals surface area contributed by atoms with E-state index >= 15 is 0 Å². The van der Waals surface area contributed by atoms with Crippen LogP contribution in [0.4, 0.5) is 0 Å². The molecule has 1 fully saturated rings. The minimum Gasteiger partial charge on any atom is -0.476 e. The second-order valence-electron chi connectivity index (χ2n) is 5.15. The molecular weight excluding hydrogens is 286 g/mol. The van der Waals surface area contributed by atoms with E-state index in [-0.39, 0.29) is 11.4 Å². The molecule has 0 radical (unpaired) electrons. The minimum absolute atomic E-state index is 0.111. The molecule has 1 amide bonds. The molecule has 1 aliphatic carbocycles. The molecule has 7 heteroatoms. The zero-order chi connectivity index (χ0) is 15.5. The van der Waals surface area contributed by atoms with Crippen molar-refractivity contribution in [1.29, 1.82) is 0 Å². The predicted molar refractivity (Wildman–Crippen MR) is 76.7 cm³/mol. The van der Waals surface area contributed by atoms with E-state index in [4.69, 9.17) is 9.94 Å². The number of aromatic nitrogens is 2. The van der Waals surface area contributed by atoms with Gasteiger partial charge in [-0.2, -0.15) is 5.10 Å². The van der Waals surface area contributed by atoms with Crippen molar-refractivity contribution in [3.63, 3.8) is 0 Å². The van der Waals surface area contributed by atoms with Gasteiger partial charge in [-0.25, -0.2) is 15.0 Å². The molecule has 0 spiro atoms. The van der Waals surface area contributed by atoms with Crippen molar-refractivity contribution >= 4 is 11.9 Å². The number of hydrogen-bond acceptors (Lipinski definition) is 4. The molecule has 1 aromatic carbocycles. The van der Waals surface area contributed by atoms with Crippen molar-refractivity contribution in [3.8, 4) is 5.69 Å². The Bertz CT molecular complexity index is 692. The normalized spacial score (nSPS) is 13.8. The van der Waals surface area contributed by atoms with Gasteiger partial charge in [0.05, 0.1) is 12.3 Å². The molecule has 2 aromatic rings. The van der Waals surface area contributed by atoms with Crippen LogP contribution in [-0.2, 0) is 4.84 Å². The van der Waals surface area contributed by atoms with Gasteiger partial charge < -0.3 is 5.11 Å². The number of carboxylic acid groups (broad SMARTS) is 1. The highest BCUT2D eigenvalue weighted by molar-refractivity contribution is 5.95. The summed E-state index contributed by atoms with van der Waals surface area (Å²) in [6.45, 7) is 0.469. The molecular formula is C15H15N3O4. The molecule has 1 saturated carbocycles. The molecule has 1 aliphatic rings. The summed E-state index contributed by atoms with van der Waals surface area (Å²) in [7, 11) is 0. The van der Waals surface area contributed by atoms with E-state index in [1.54, 1.807) is 24.3 Å². The highest BCUT2D eigenvalue weighted by Gasteiger charge is 2.23. The molecule has 114 valence electrons. The predicted octanol–water partition coefficient (Wildman–Crippen LogP) is 1.64. The summed E-state index contributed by atoms with van der Waals surface area (Å²) in [4.78, 5) is 28.4. The van der Waals surface area contributed by atoms with Gasteiger partial charge in [-0.05, 0) is 30.9 Å². The molecule has 3 rings (SSSR count). The van der Waals surface area contributed by atoms with Crippen LogP contribution in [0.25, 0.3) is 5.69 Å². The highest BCUT2D eigenvalue weighted by atomic mass is 16.7. The third kappa shape index (κ3) is 3.15. The summed E-state index contributed by atoms with van der Waals surface area (Å²) < 4.78 is 1.29. The van der Waals surface area contributed by atoms with Crippen molar-refractivity contribution < 1.29 is 19.5 Å². The van der Waals surface area contributed by atoms with Crippen molar-refractivity contribution in [2.45, 2.75) is 12.8 Å². The average Bonchev–Trinajstić information content (AvgIpc) is 3.23. The van der Waals surface area contributed by atoms with Crippen LogP contribution in [0.2, 0.25) is 0 Å². The van der Waals surface area contributed by atoms with Crippen LogP contribution in [0.5, 0.6) is 0 Å². The molecule has 7 nitrogen and oxygen atoms in total. The van der Waals surface area contributed by atoms with Crippen LogP contribution in [-0.4, -0.2) is 33.4 Å². The Kier molecular flexibility index (Phi) is 3.88. The highest BCUT2D eigenvalue weighted by Crippen LogP contribution is 2.28. The number of rotatable bonds is 6. The monoisotopic (exact) mass is 301 g/mol. The van der Waals surface area contributed by atoms with Crippen molar-refractivity contribution in [2.75, 3.05) is 6.61 Å². The molecule has 0 atom stereocenters. The Hall–Kier alpha value is -2.67. The van der Waals surface area contributed by atoms with Gasteiger partial charge in [-0.3, -0.25) is 9.63 Å². The summed E-state index contributed by atoms with van der Waals surface area (Å²) in [6.07, 6.45) is 2.22. The van der Waals surface area contributed by atoms with E-state index in [2.05, 4.69) is 10.6 Å². The van der Waals surface area contributed by atoms with Gasteiger partial charge in [-0.1, -0.05) is 18.2 Å². The van der Waals surface area contributed by atoms with Gasteiger partial charge in [0, 0.05) is 6.07 Å². The standard InChI is InChI=1S/C15H15N3O4/c19-14(17-22-9-10-6-7-10)13-8-12(15(20)21)16-18(13)11-4-2-1-3-5-11/h1-5,8,10H,6-7,9H2,(H,17,19)(H,20,21). The maximum atomic E-state index is 12.2.